The minimum Gasteiger partial charge on any atom is -0.491 e. The second-order valence-corrected chi connectivity index (χ2v) is 5.93. The Bertz CT molecular complexity index is 904. The van der Waals surface area contributed by atoms with E-state index < -0.39 is 17.8 Å². The Kier molecular flexibility index (Phi) is 6.10. The molecule has 0 aliphatic rings. The second-order valence-electron chi connectivity index (χ2n) is 5.93. The maximum absolute atomic E-state index is 13.0. The molecule has 0 amide bonds. The molecule has 1 N–H and O–H groups in total. The van der Waals surface area contributed by atoms with Gasteiger partial charge < -0.3 is 14.6 Å². The van der Waals surface area contributed by atoms with E-state index in [9.17, 15) is 18.3 Å². The summed E-state index contributed by atoms with van der Waals surface area (Å²) in [6.45, 7) is -0.169. The highest BCUT2D eigenvalue weighted by Gasteiger charge is 2.33. The number of halogens is 3. The van der Waals surface area contributed by atoms with Crippen LogP contribution < -0.4 is 9.47 Å². The van der Waals surface area contributed by atoms with Gasteiger partial charge in [-0.15, -0.1) is 0 Å². The standard InChI is InChI=1S/C20H17F3N2O3/c21-20(22,23)18-8-2-1-5-14(18)11-15(26)13-27-16-6-3-7-17(12-16)28-19-24-9-4-10-25-19/h1-10,12,15,26H,11,13H2. The fourth-order valence-corrected chi connectivity index (χ4v) is 2.55. The van der Waals surface area contributed by atoms with E-state index in [0.717, 1.165) is 6.07 Å². The van der Waals surface area contributed by atoms with Crippen LogP contribution in [-0.4, -0.2) is 27.8 Å². The van der Waals surface area contributed by atoms with E-state index in [-0.39, 0.29) is 24.6 Å². The van der Waals surface area contributed by atoms with Gasteiger partial charge in [-0.3, -0.25) is 0 Å². The number of rotatable bonds is 7. The Morgan fingerprint density at radius 1 is 0.929 bits per heavy atom. The second kappa shape index (κ2) is 8.71. The third-order valence-electron chi connectivity index (χ3n) is 3.78. The van der Waals surface area contributed by atoms with Crippen molar-refractivity contribution in [3.05, 3.63) is 78.1 Å². The van der Waals surface area contributed by atoms with Crippen LogP contribution in [-0.2, 0) is 12.6 Å². The fourth-order valence-electron chi connectivity index (χ4n) is 2.55. The molecule has 3 aromatic rings. The zero-order valence-corrected chi connectivity index (χ0v) is 14.6. The molecule has 3 rings (SSSR count). The summed E-state index contributed by atoms with van der Waals surface area (Å²) < 4.78 is 50.1. The van der Waals surface area contributed by atoms with Crippen LogP contribution in [0, 0.1) is 0 Å². The van der Waals surface area contributed by atoms with Crippen molar-refractivity contribution < 1.29 is 27.8 Å². The number of aromatic nitrogens is 2. The molecule has 0 fully saturated rings. The first-order valence-electron chi connectivity index (χ1n) is 8.43. The van der Waals surface area contributed by atoms with Crippen LogP contribution in [0.15, 0.2) is 67.0 Å². The lowest BCUT2D eigenvalue weighted by atomic mass is 10.0. The molecule has 5 nitrogen and oxygen atoms in total. The number of aliphatic hydroxyl groups excluding tert-OH is 1. The van der Waals surface area contributed by atoms with Crippen molar-refractivity contribution in [3.8, 4) is 17.5 Å². The van der Waals surface area contributed by atoms with Crippen molar-refractivity contribution >= 4 is 0 Å². The Hall–Kier alpha value is -3.13. The van der Waals surface area contributed by atoms with Gasteiger partial charge in [-0.2, -0.15) is 13.2 Å². The van der Waals surface area contributed by atoms with Crippen molar-refractivity contribution in [1.82, 2.24) is 9.97 Å². The number of hydrogen-bond acceptors (Lipinski definition) is 5. The quantitative estimate of drug-likeness (QED) is 0.653. The smallest absolute Gasteiger partial charge is 0.416 e. The van der Waals surface area contributed by atoms with Crippen LogP contribution >= 0.6 is 0 Å². The average Bonchev–Trinajstić information content (AvgIpc) is 2.67. The predicted molar refractivity (Wildman–Crippen MR) is 95.2 cm³/mol. The number of nitrogens with zero attached hydrogens (tertiary/aromatic N) is 2. The van der Waals surface area contributed by atoms with Gasteiger partial charge in [-0.05, 0) is 29.8 Å². The van der Waals surface area contributed by atoms with Crippen molar-refractivity contribution in [2.75, 3.05) is 6.61 Å². The lowest BCUT2D eigenvalue weighted by molar-refractivity contribution is -0.138. The van der Waals surface area contributed by atoms with E-state index in [1.807, 2.05) is 0 Å². The fraction of sp³-hybridized carbons (Fsp3) is 0.200. The van der Waals surface area contributed by atoms with Crippen LogP contribution in [0.5, 0.6) is 17.5 Å². The lowest BCUT2D eigenvalue weighted by Crippen LogP contribution is -2.22. The number of aliphatic hydroxyl groups is 1. The van der Waals surface area contributed by atoms with Crippen LogP contribution in [0.3, 0.4) is 0 Å². The Morgan fingerprint density at radius 3 is 2.39 bits per heavy atom. The largest absolute Gasteiger partial charge is 0.491 e. The van der Waals surface area contributed by atoms with Gasteiger partial charge >= 0.3 is 12.2 Å². The van der Waals surface area contributed by atoms with Crippen LogP contribution in [0.4, 0.5) is 13.2 Å². The Morgan fingerprint density at radius 2 is 1.64 bits per heavy atom. The van der Waals surface area contributed by atoms with Gasteiger partial charge in [-0.1, -0.05) is 24.3 Å². The van der Waals surface area contributed by atoms with E-state index in [2.05, 4.69) is 9.97 Å². The third kappa shape index (κ3) is 5.43. The lowest BCUT2D eigenvalue weighted by Gasteiger charge is -2.16. The Labute approximate surface area is 159 Å². The van der Waals surface area contributed by atoms with Crippen molar-refractivity contribution in [1.29, 1.82) is 0 Å². The molecule has 146 valence electrons. The molecule has 2 aromatic carbocycles. The first kappa shape index (κ1) is 19.6. The van der Waals surface area contributed by atoms with Crippen LogP contribution in [0.25, 0.3) is 0 Å². The van der Waals surface area contributed by atoms with E-state index in [0.29, 0.717) is 11.5 Å². The maximum Gasteiger partial charge on any atom is 0.416 e. The first-order valence-corrected chi connectivity index (χ1v) is 8.43. The molecule has 1 aromatic heterocycles. The summed E-state index contributed by atoms with van der Waals surface area (Å²) in [5.74, 6) is 0.831. The minimum absolute atomic E-state index is 0.0180. The number of alkyl halides is 3. The average molecular weight is 390 g/mol. The highest BCUT2D eigenvalue weighted by Crippen LogP contribution is 2.32. The summed E-state index contributed by atoms with van der Waals surface area (Å²) in [5.41, 5.74) is -0.739. The summed E-state index contributed by atoms with van der Waals surface area (Å²) in [6, 6.07) is 13.6. The molecule has 1 atom stereocenters. The van der Waals surface area contributed by atoms with Crippen LogP contribution in [0.2, 0.25) is 0 Å². The summed E-state index contributed by atoms with van der Waals surface area (Å²) in [6.07, 6.45) is -2.67. The van der Waals surface area contributed by atoms with E-state index >= 15 is 0 Å². The van der Waals surface area contributed by atoms with Gasteiger partial charge in [-0.25, -0.2) is 9.97 Å². The zero-order valence-electron chi connectivity index (χ0n) is 14.6. The summed E-state index contributed by atoms with van der Waals surface area (Å²) in [4.78, 5) is 7.89. The predicted octanol–water partition coefficient (Wildman–Crippen LogP) is 4.27. The summed E-state index contributed by atoms with van der Waals surface area (Å²) in [5, 5.41) is 10.1. The summed E-state index contributed by atoms with van der Waals surface area (Å²) >= 11 is 0. The number of benzene rings is 2. The van der Waals surface area contributed by atoms with Crippen molar-refractivity contribution in [3.63, 3.8) is 0 Å². The van der Waals surface area contributed by atoms with Gasteiger partial charge in [0.2, 0.25) is 0 Å². The molecule has 0 spiro atoms. The van der Waals surface area contributed by atoms with Gasteiger partial charge in [0.25, 0.3) is 0 Å². The monoisotopic (exact) mass is 390 g/mol. The molecule has 28 heavy (non-hydrogen) atoms. The molecule has 8 heteroatoms. The number of hydrogen-bond donors (Lipinski definition) is 1. The molecule has 0 bridgehead atoms. The van der Waals surface area contributed by atoms with Gasteiger partial charge in [0, 0.05) is 24.9 Å². The molecule has 1 heterocycles. The number of ether oxygens (including phenoxy) is 2. The molecule has 0 saturated heterocycles. The Balaban J connectivity index is 1.60. The highest BCUT2D eigenvalue weighted by molar-refractivity contribution is 5.34. The molecule has 1 unspecified atom stereocenters. The maximum atomic E-state index is 13.0. The van der Waals surface area contributed by atoms with E-state index in [1.54, 1.807) is 30.3 Å². The van der Waals surface area contributed by atoms with Crippen molar-refractivity contribution in [2.45, 2.75) is 18.7 Å². The van der Waals surface area contributed by atoms with Gasteiger partial charge in [0.15, 0.2) is 0 Å². The van der Waals surface area contributed by atoms with Crippen LogP contribution in [0.1, 0.15) is 11.1 Å². The molecule has 0 radical (unpaired) electrons. The molecular weight excluding hydrogens is 373 g/mol. The zero-order chi connectivity index (χ0) is 20.0. The molecular formula is C20H17F3N2O3. The summed E-state index contributed by atoms with van der Waals surface area (Å²) in [7, 11) is 0. The normalized spacial score (nSPS) is 12.4. The topological polar surface area (TPSA) is 64.5 Å². The van der Waals surface area contributed by atoms with Gasteiger partial charge in [0.1, 0.15) is 18.1 Å². The van der Waals surface area contributed by atoms with Gasteiger partial charge in [0.05, 0.1) is 11.7 Å². The third-order valence-corrected chi connectivity index (χ3v) is 3.78. The minimum atomic E-state index is -4.47. The highest BCUT2D eigenvalue weighted by atomic mass is 19.4. The molecule has 0 aliphatic heterocycles. The molecule has 0 aliphatic carbocycles. The SMILES string of the molecule is OC(COc1cccc(Oc2ncccn2)c1)Cc1ccccc1C(F)(F)F. The van der Waals surface area contributed by atoms with Crippen molar-refractivity contribution in [2.24, 2.45) is 0 Å². The first-order chi connectivity index (χ1) is 13.4. The molecule has 0 saturated carbocycles. The van der Waals surface area contributed by atoms with E-state index in [1.165, 1.54) is 30.6 Å². The van der Waals surface area contributed by atoms with E-state index in [4.69, 9.17) is 9.47 Å².